The van der Waals surface area contributed by atoms with Gasteiger partial charge < -0.3 is 14.8 Å². The van der Waals surface area contributed by atoms with Crippen molar-refractivity contribution in [2.75, 3.05) is 26.1 Å². The number of halogens is 2. The Morgan fingerprint density at radius 3 is 2.48 bits per heavy atom. The van der Waals surface area contributed by atoms with Gasteiger partial charge in [0.05, 0.1) is 31.8 Å². The number of methoxy groups -OCH3 is 2. The largest absolute Gasteiger partial charge is 0.481 e. The second-order valence-corrected chi connectivity index (χ2v) is 7.31. The van der Waals surface area contributed by atoms with Gasteiger partial charge in [-0.15, -0.1) is 0 Å². The third-order valence-electron chi connectivity index (χ3n) is 4.72. The molecule has 8 nitrogen and oxygen atoms in total. The molecule has 3 heterocycles. The van der Waals surface area contributed by atoms with Gasteiger partial charge in [0.25, 0.3) is 0 Å². The minimum absolute atomic E-state index is 0.0898. The van der Waals surface area contributed by atoms with E-state index in [4.69, 9.17) is 9.47 Å². The standard InChI is InChI=1S/C21H24F2N6O2/c1-13(22)9-21(2,18-15(23)6-5-7-24-18)12-27-19-25-10-14(11-26-19)16-8-17(30-3)29-20(28-16)31-4/h5-8,10-11,13H,9,12H2,1-4H3,(H,25,26,27)/t13-,21-/m1/s1. The van der Waals surface area contributed by atoms with Crippen molar-refractivity contribution in [2.24, 2.45) is 0 Å². The predicted molar refractivity (Wildman–Crippen MR) is 111 cm³/mol. The molecule has 3 aromatic heterocycles. The molecule has 0 unspecified atom stereocenters. The molecular formula is C21H24F2N6O2. The van der Waals surface area contributed by atoms with Gasteiger partial charge in [-0.25, -0.2) is 18.7 Å². The van der Waals surface area contributed by atoms with Crippen molar-refractivity contribution in [2.45, 2.75) is 31.9 Å². The molecule has 31 heavy (non-hydrogen) atoms. The Morgan fingerprint density at radius 1 is 1.13 bits per heavy atom. The lowest BCUT2D eigenvalue weighted by Crippen LogP contribution is -2.36. The maximum atomic E-state index is 14.3. The fraction of sp³-hybridized carbons (Fsp3) is 0.381. The molecule has 164 valence electrons. The van der Waals surface area contributed by atoms with E-state index in [9.17, 15) is 8.78 Å². The number of ether oxygens (including phenoxy) is 2. The number of nitrogens with zero attached hydrogens (tertiary/aromatic N) is 5. The summed E-state index contributed by atoms with van der Waals surface area (Å²) in [7, 11) is 2.95. The van der Waals surface area contributed by atoms with Crippen LogP contribution in [0.3, 0.4) is 0 Å². The zero-order valence-electron chi connectivity index (χ0n) is 17.8. The Morgan fingerprint density at radius 2 is 1.87 bits per heavy atom. The summed E-state index contributed by atoms with van der Waals surface area (Å²) in [5.41, 5.74) is 0.459. The molecule has 3 rings (SSSR count). The molecule has 0 aromatic carbocycles. The van der Waals surface area contributed by atoms with E-state index in [0.29, 0.717) is 23.1 Å². The van der Waals surface area contributed by atoms with Crippen LogP contribution in [-0.4, -0.2) is 51.9 Å². The molecule has 1 N–H and O–H groups in total. The maximum Gasteiger partial charge on any atom is 0.320 e. The fourth-order valence-electron chi connectivity index (χ4n) is 3.28. The molecule has 0 aliphatic rings. The Labute approximate surface area is 179 Å². The Kier molecular flexibility index (Phi) is 6.88. The van der Waals surface area contributed by atoms with Crippen LogP contribution in [0.1, 0.15) is 26.0 Å². The summed E-state index contributed by atoms with van der Waals surface area (Å²) in [5, 5.41) is 3.06. The van der Waals surface area contributed by atoms with Gasteiger partial charge in [-0.3, -0.25) is 4.98 Å². The Bertz CT molecular complexity index is 997. The summed E-state index contributed by atoms with van der Waals surface area (Å²) in [6.45, 7) is 3.40. The van der Waals surface area contributed by atoms with Gasteiger partial charge in [0.15, 0.2) is 0 Å². The molecule has 0 saturated heterocycles. The lowest BCUT2D eigenvalue weighted by atomic mass is 9.81. The van der Waals surface area contributed by atoms with E-state index < -0.39 is 17.4 Å². The Balaban J connectivity index is 1.79. The van der Waals surface area contributed by atoms with Gasteiger partial charge in [0.2, 0.25) is 11.8 Å². The lowest BCUT2D eigenvalue weighted by Gasteiger charge is -2.30. The number of hydrogen-bond donors (Lipinski definition) is 1. The SMILES string of the molecule is COc1cc(-c2cnc(NC[C@@](C)(C[C@@H](C)F)c3ncccc3F)nc2)nc(OC)n1. The second-order valence-electron chi connectivity index (χ2n) is 7.31. The monoisotopic (exact) mass is 430 g/mol. The molecule has 0 bridgehead atoms. The van der Waals surface area contributed by atoms with Crippen molar-refractivity contribution < 1.29 is 18.3 Å². The fourth-order valence-corrected chi connectivity index (χ4v) is 3.28. The molecule has 0 amide bonds. The number of nitrogens with one attached hydrogen (secondary N) is 1. The molecule has 0 fully saturated rings. The zero-order chi connectivity index (χ0) is 22.4. The first-order valence-electron chi connectivity index (χ1n) is 9.63. The number of hydrogen-bond acceptors (Lipinski definition) is 8. The van der Waals surface area contributed by atoms with Gasteiger partial charge in [-0.1, -0.05) is 6.92 Å². The summed E-state index contributed by atoms with van der Waals surface area (Å²) in [4.78, 5) is 21.0. The van der Waals surface area contributed by atoms with Crippen molar-refractivity contribution in [3.05, 3.63) is 48.3 Å². The summed E-state index contributed by atoms with van der Waals surface area (Å²) in [5.74, 6) is 0.179. The molecule has 0 spiro atoms. The molecule has 10 heteroatoms. The van der Waals surface area contributed by atoms with Crippen LogP contribution in [0.2, 0.25) is 0 Å². The normalized spacial score (nSPS) is 13.9. The maximum absolute atomic E-state index is 14.3. The van der Waals surface area contributed by atoms with Crippen LogP contribution < -0.4 is 14.8 Å². The third kappa shape index (κ3) is 5.39. The van der Waals surface area contributed by atoms with E-state index in [2.05, 4.69) is 30.2 Å². The smallest absolute Gasteiger partial charge is 0.320 e. The van der Waals surface area contributed by atoms with E-state index in [1.165, 1.54) is 39.5 Å². The quantitative estimate of drug-likeness (QED) is 0.550. The van der Waals surface area contributed by atoms with Gasteiger partial charge in [-0.05, 0) is 25.5 Å². The number of pyridine rings is 1. The van der Waals surface area contributed by atoms with Crippen LogP contribution in [0, 0.1) is 5.82 Å². The summed E-state index contributed by atoms with van der Waals surface area (Å²) in [6.07, 6.45) is 3.60. The summed E-state index contributed by atoms with van der Waals surface area (Å²) < 4.78 is 38.4. The molecule has 0 aliphatic carbocycles. The van der Waals surface area contributed by atoms with Crippen molar-refractivity contribution in [1.29, 1.82) is 0 Å². The highest BCUT2D eigenvalue weighted by molar-refractivity contribution is 5.59. The third-order valence-corrected chi connectivity index (χ3v) is 4.72. The van der Waals surface area contributed by atoms with Crippen molar-refractivity contribution >= 4 is 5.95 Å². The molecular weight excluding hydrogens is 406 g/mol. The van der Waals surface area contributed by atoms with E-state index in [1.54, 1.807) is 25.4 Å². The van der Waals surface area contributed by atoms with E-state index in [-0.39, 0.29) is 24.7 Å². The van der Waals surface area contributed by atoms with Crippen molar-refractivity contribution in [3.8, 4) is 23.1 Å². The number of aromatic nitrogens is 5. The van der Waals surface area contributed by atoms with E-state index in [0.717, 1.165) is 0 Å². The Hall–Kier alpha value is -3.43. The topological polar surface area (TPSA) is 94.9 Å². The number of alkyl halides is 1. The molecule has 0 radical (unpaired) electrons. The van der Waals surface area contributed by atoms with Crippen LogP contribution >= 0.6 is 0 Å². The summed E-state index contributed by atoms with van der Waals surface area (Å²) >= 11 is 0. The van der Waals surface area contributed by atoms with Gasteiger partial charge in [0.1, 0.15) is 5.82 Å². The van der Waals surface area contributed by atoms with E-state index >= 15 is 0 Å². The van der Waals surface area contributed by atoms with Crippen LogP contribution in [-0.2, 0) is 5.41 Å². The average Bonchev–Trinajstić information content (AvgIpc) is 2.77. The van der Waals surface area contributed by atoms with Crippen molar-refractivity contribution in [3.63, 3.8) is 0 Å². The van der Waals surface area contributed by atoms with Crippen LogP contribution in [0.25, 0.3) is 11.3 Å². The molecule has 0 aliphatic heterocycles. The molecule has 0 saturated carbocycles. The molecule has 2 atom stereocenters. The highest BCUT2D eigenvalue weighted by atomic mass is 19.1. The molecule has 3 aromatic rings. The van der Waals surface area contributed by atoms with Crippen LogP contribution in [0.5, 0.6) is 11.9 Å². The van der Waals surface area contributed by atoms with Gasteiger partial charge in [-0.2, -0.15) is 9.97 Å². The second kappa shape index (κ2) is 9.59. The van der Waals surface area contributed by atoms with Gasteiger partial charge in [0, 0.05) is 42.2 Å². The number of anilines is 1. The van der Waals surface area contributed by atoms with Crippen LogP contribution in [0.4, 0.5) is 14.7 Å². The predicted octanol–water partition coefficient (Wildman–Crippen LogP) is 3.60. The average molecular weight is 430 g/mol. The minimum atomic E-state index is -1.14. The van der Waals surface area contributed by atoms with Crippen molar-refractivity contribution in [1.82, 2.24) is 24.9 Å². The highest BCUT2D eigenvalue weighted by Crippen LogP contribution is 2.31. The lowest BCUT2D eigenvalue weighted by molar-refractivity contribution is 0.267. The zero-order valence-corrected chi connectivity index (χ0v) is 17.8. The highest BCUT2D eigenvalue weighted by Gasteiger charge is 2.33. The number of rotatable bonds is 9. The van der Waals surface area contributed by atoms with Crippen LogP contribution in [0.15, 0.2) is 36.8 Å². The van der Waals surface area contributed by atoms with E-state index in [1.807, 2.05) is 0 Å². The first kappa shape index (κ1) is 22.3. The van der Waals surface area contributed by atoms with Gasteiger partial charge >= 0.3 is 6.01 Å². The summed E-state index contributed by atoms with van der Waals surface area (Å²) in [6, 6.07) is 4.62. The first-order chi connectivity index (χ1) is 14.8. The first-order valence-corrected chi connectivity index (χ1v) is 9.63. The minimum Gasteiger partial charge on any atom is -0.481 e.